The first-order valence-corrected chi connectivity index (χ1v) is 5.70. The lowest BCUT2D eigenvalue weighted by molar-refractivity contribution is -0.121. The smallest absolute Gasteiger partial charge is 0.254 e. The first-order chi connectivity index (χ1) is 8.58. The average Bonchev–Trinajstić information content (AvgIpc) is 2.37. The molecule has 0 fully saturated rings. The monoisotopic (exact) mass is 253 g/mol. The van der Waals surface area contributed by atoms with Crippen LogP contribution in [0.15, 0.2) is 18.3 Å². The molecule has 98 valence electrons. The van der Waals surface area contributed by atoms with E-state index >= 15 is 0 Å². The van der Waals surface area contributed by atoms with Gasteiger partial charge in [-0.1, -0.05) is 6.92 Å². The predicted octanol–water partition coefficient (Wildman–Crippen LogP) is 0.819. The fourth-order valence-corrected chi connectivity index (χ4v) is 1.49. The summed E-state index contributed by atoms with van der Waals surface area (Å²) in [5, 5.41) is 2.45. The molecule has 0 aliphatic heterocycles. The van der Waals surface area contributed by atoms with Gasteiger partial charge in [-0.15, -0.1) is 0 Å². The number of amides is 2. The minimum absolute atomic E-state index is 0.0346. The third-order valence-corrected chi connectivity index (χ3v) is 2.37. The average molecular weight is 253 g/mol. The number of nitrogens with one attached hydrogen (secondary N) is 1. The lowest BCUT2D eigenvalue weighted by Crippen LogP contribution is -2.40. The zero-order valence-corrected chi connectivity index (χ0v) is 10.4. The molecule has 5 nitrogen and oxygen atoms in total. The first kappa shape index (κ1) is 14.1. The molecule has 0 aromatic carbocycles. The number of hydrogen-bond acceptors (Lipinski definition) is 3. The third kappa shape index (κ3) is 3.80. The van der Waals surface area contributed by atoms with Crippen LogP contribution in [0.4, 0.5) is 4.39 Å². The first-order valence-electron chi connectivity index (χ1n) is 5.70. The van der Waals surface area contributed by atoms with Crippen LogP contribution in [0.1, 0.15) is 23.7 Å². The molecule has 0 bridgehead atoms. The van der Waals surface area contributed by atoms with Gasteiger partial charge in [-0.25, -0.2) is 4.98 Å². The van der Waals surface area contributed by atoms with Crippen LogP contribution in [0.2, 0.25) is 0 Å². The molecule has 1 rings (SSSR count). The fraction of sp³-hybridized carbons (Fsp3) is 0.417. The molecule has 0 aliphatic rings. The number of hydrogen-bond donors (Lipinski definition) is 1. The molecule has 0 unspecified atom stereocenters. The van der Waals surface area contributed by atoms with Crippen molar-refractivity contribution in [2.24, 2.45) is 0 Å². The van der Waals surface area contributed by atoms with Gasteiger partial charge in [-0.2, -0.15) is 4.39 Å². The third-order valence-electron chi connectivity index (χ3n) is 2.37. The molecule has 0 atom stereocenters. The van der Waals surface area contributed by atoms with Crippen LogP contribution >= 0.6 is 0 Å². The summed E-state index contributed by atoms with van der Waals surface area (Å²) in [7, 11) is 1.50. The lowest BCUT2D eigenvalue weighted by atomic mass is 10.2. The number of nitrogens with zero attached hydrogens (tertiary/aromatic N) is 2. The Morgan fingerprint density at radius 2 is 2.22 bits per heavy atom. The van der Waals surface area contributed by atoms with Gasteiger partial charge < -0.3 is 10.2 Å². The molecule has 1 aromatic rings. The largest absolute Gasteiger partial charge is 0.358 e. The number of carbonyl (C=O) groups is 2. The second-order valence-corrected chi connectivity index (χ2v) is 3.77. The predicted molar refractivity (Wildman–Crippen MR) is 64.5 cm³/mol. The van der Waals surface area contributed by atoms with Gasteiger partial charge in [0, 0.05) is 31.4 Å². The molecule has 1 N–H and O–H groups in total. The Morgan fingerprint density at radius 3 is 2.78 bits per heavy atom. The summed E-state index contributed by atoms with van der Waals surface area (Å²) in [5.41, 5.74) is 0.194. The summed E-state index contributed by atoms with van der Waals surface area (Å²) in [6.45, 7) is 2.31. The molecule has 0 saturated carbocycles. The van der Waals surface area contributed by atoms with Crippen LogP contribution in [-0.2, 0) is 4.79 Å². The van der Waals surface area contributed by atoms with Crippen molar-refractivity contribution in [3.8, 4) is 0 Å². The summed E-state index contributed by atoms with van der Waals surface area (Å²) in [6, 6.07) is 2.49. The van der Waals surface area contributed by atoms with E-state index in [-0.39, 0.29) is 23.9 Å². The molecule has 0 radical (unpaired) electrons. The Morgan fingerprint density at radius 1 is 1.50 bits per heavy atom. The van der Waals surface area contributed by atoms with E-state index in [1.165, 1.54) is 24.2 Å². The number of likely N-dealkylation sites (N-methyl/N-ethyl adjacent to an activating group) is 1. The maximum Gasteiger partial charge on any atom is 0.254 e. The van der Waals surface area contributed by atoms with Crippen molar-refractivity contribution in [2.75, 3.05) is 20.1 Å². The maximum absolute atomic E-state index is 12.9. The topological polar surface area (TPSA) is 62.3 Å². The highest BCUT2D eigenvalue weighted by Crippen LogP contribution is 2.06. The van der Waals surface area contributed by atoms with E-state index in [1.807, 2.05) is 6.92 Å². The van der Waals surface area contributed by atoms with Gasteiger partial charge in [0.2, 0.25) is 11.9 Å². The van der Waals surface area contributed by atoms with E-state index in [2.05, 4.69) is 10.3 Å². The normalized spacial score (nSPS) is 9.94. The van der Waals surface area contributed by atoms with Crippen molar-refractivity contribution in [3.05, 3.63) is 29.8 Å². The minimum atomic E-state index is -0.711. The van der Waals surface area contributed by atoms with E-state index in [4.69, 9.17) is 0 Å². The molecular weight excluding hydrogens is 237 g/mol. The molecule has 2 amide bonds. The maximum atomic E-state index is 12.9. The molecule has 0 aliphatic carbocycles. The van der Waals surface area contributed by atoms with Crippen LogP contribution in [0.3, 0.4) is 0 Å². The molecular formula is C12H16FN3O2. The van der Waals surface area contributed by atoms with Crippen molar-refractivity contribution in [1.29, 1.82) is 0 Å². The van der Waals surface area contributed by atoms with Gasteiger partial charge in [-0.3, -0.25) is 9.59 Å². The van der Waals surface area contributed by atoms with Gasteiger partial charge in [0.1, 0.15) is 0 Å². The number of halogens is 1. The Kier molecular flexibility index (Phi) is 5.23. The van der Waals surface area contributed by atoms with Crippen molar-refractivity contribution in [2.45, 2.75) is 13.3 Å². The highest BCUT2D eigenvalue weighted by Gasteiger charge is 2.18. The SMILES string of the molecule is CCCN(CC(=O)NC)C(=O)c1ccnc(F)c1. The summed E-state index contributed by atoms with van der Waals surface area (Å²) in [4.78, 5) is 28.2. The van der Waals surface area contributed by atoms with E-state index in [1.54, 1.807) is 0 Å². The van der Waals surface area contributed by atoms with Crippen molar-refractivity contribution >= 4 is 11.8 Å². The van der Waals surface area contributed by atoms with Gasteiger partial charge in [0.25, 0.3) is 5.91 Å². The van der Waals surface area contributed by atoms with Gasteiger partial charge in [0.15, 0.2) is 0 Å². The Labute approximate surface area is 105 Å². The van der Waals surface area contributed by atoms with E-state index in [0.29, 0.717) is 6.54 Å². The zero-order chi connectivity index (χ0) is 13.5. The van der Waals surface area contributed by atoms with Crippen LogP contribution < -0.4 is 5.32 Å². The molecule has 0 saturated heterocycles. The molecule has 1 aromatic heterocycles. The second-order valence-electron chi connectivity index (χ2n) is 3.77. The van der Waals surface area contributed by atoms with E-state index in [9.17, 15) is 14.0 Å². The Hall–Kier alpha value is -1.98. The summed E-state index contributed by atoms with van der Waals surface area (Å²) >= 11 is 0. The molecule has 1 heterocycles. The van der Waals surface area contributed by atoms with Crippen LogP contribution in [-0.4, -0.2) is 41.8 Å². The van der Waals surface area contributed by atoms with Gasteiger partial charge in [-0.05, 0) is 12.5 Å². The number of rotatable bonds is 5. The molecule has 18 heavy (non-hydrogen) atoms. The molecule has 0 spiro atoms. The summed E-state index contributed by atoms with van der Waals surface area (Å²) in [5.74, 6) is -1.34. The van der Waals surface area contributed by atoms with Crippen molar-refractivity contribution < 1.29 is 14.0 Å². The van der Waals surface area contributed by atoms with Gasteiger partial charge >= 0.3 is 0 Å². The Balaban J connectivity index is 2.85. The summed E-state index contributed by atoms with van der Waals surface area (Å²) in [6.07, 6.45) is 1.95. The van der Waals surface area contributed by atoms with Crippen molar-refractivity contribution in [3.63, 3.8) is 0 Å². The number of carbonyl (C=O) groups excluding carboxylic acids is 2. The highest BCUT2D eigenvalue weighted by atomic mass is 19.1. The Bertz CT molecular complexity index is 437. The summed E-state index contributed by atoms with van der Waals surface area (Å²) < 4.78 is 12.9. The van der Waals surface area contributed by atoms with Crippen LogP contribution in [0.5, 0.6) is 0 Å². The highest BCUT2D eigenvalue weighted by molar-refractivity contribution is 5.96. The quantitative estimate of drug-likeness (QED) is 0.790. The van der Waals surface area contributed by atoms with E-state index < -0.39 is 5.95 Å². The van der Waals surface area contributed by atoms with Gasteiger partial charge in [0.05, 0.1) is 6.54 Å². The van der Waals surface area contributed by atoms with Crippen LogP contribution in [0, 0.1) is 5.95 Å². The second kappa shape index (κ2) is 6.68. The minimum Gasteiger partial charge on any atom is -0.358 e. The lowest BCUT2D eigenvalue weighted by Gasteiger charge is -2.21. The van der Waals surface area contributed by atoms with E-state index in [0.717, 1.165) is 12.5 Å². The van der Waals surface area contributed by atoms with Crippen molar-refractivity contribution in [1.82, 2.24) is 15.2 Å². The zero-order valence-electron chi connectivity index (χ0n) is 10.4. The standard InChI is InChI=1S/C12H16FN3O2/c1-3-6-16(8-11(17)14-2)12(18)9-4-5-15-10(13)7-9/h4-5,7H,3,6,8H2,1-2H3,(H,14,17). The number of pyridine rings is 1. The van der Waals surface area contributed by atoms with Crippen LogP contribution in [0.25, 0.3) is 0 Å². The molecule has 6 heteroatoms. The fourth-order valence-electron chi connectivity index (χ4n) is 1.49. The number of aromatic nitrogens is 1.